The van der Waals surface area contributed by atoms with Crippen LogP contribution in [0.4, 0.5) is 4.39 Å². The smallest absolute Gasteiger partial charge is 0.132 e. The molecule has 0 atom stereocenters. The second kappa shape index (κ2) is 5.45. The van der Waals surface area contributed by atoms with Crippen LogP contribution in [0.1, 0.15) is 0 Å². The maximum absolute atomic E-state index is 14.3. The summed E-state index contributed by atoms with van der Waals surface area (Å²) in [7, 11) is 3.39. The fraction of sp³-hybridized carbons (Fsp3) is 0.118. The van der Waals surface area contributed by atoms with Gasteiger partial charge in [-0.25, -0.2) is 4.39 Å². The van der Waals surface area contributed by atoms with Crippen molar-refractivity contribution in [1.82, 2.24) is 25.0 Å². The van der Waals surface area contributed by atoms with Crippen molar-refractivity contribution >= 4 is 10.9 Å². The Bertz CT molecular complexity index is 1040. The largest absolute Gasteiger partial charge is 0.497 e. The van der Waals surface area contributed by atoms with E-state index in [9.17, 15) is 4.39 Å². The van der Waals surface area contributed by atoms with Crippen molar-refractivity contribution in [2.45, 2.75) is 0 Å². The van der Waals surface area contributed by atoms with Gasteiger partial charge in [-0.3, -0.25) is 14.8 Å². The lowest BCUT2D eigenvalue weighted by atomic mass is 10.1. The Morgan fingerprint density at radius 2 is 2.08 bits per heavy atom. The van der Waals surface area contributed by atoms with E-state index < -0.39 is 0 Å². The standard InChI is InChI=1S/C17H14FN5O/c1-23-9-10(7-20-23)15-6-13-16(8-19-15)21-22-17(13)12-5-11(24-2)3-4-14(12)18/h3-9H,1-2H3,(H,21,22). The summed E-state index contributed by atoms with van der Waals surface area (Å²) < 4.78 is 21.2. The number of pyridine rings is 1. The average Bonchev–Trinajstić information content (AvgIpc) is 3.21. The number of fused-ring (bicyclic) bond motifs is 1. The van der Waals surface area contributed by atoms with Gasteiger partial charge in [0.2, 0.25) is 0 Å². The molecule has 0 aliphatic carbocycles. The molecule has 0 spiro atoms. The van der Waals surface area contributed by atoms with Crippen LogP contribution in [0.5, 0.6) is 5.75 Å². The SMILES string of the molecule is COc1ccc(F)c(-c2n[nH]c3cnc(-c4cnn(C)c4)cc23)c1. The van der Waals surface area contributed by atoms with Crippen LogP contribution in [0, 0.1) is 5.82 Å². The van der Waals surface area contributed by atoms with Crippen LogP contribution in [0.3, 0.4) is 0 Å². The highest BCUT2D eigenvalue weighted by Gasteiger charge is 2.15. The monoisotopic (exact) mass is 323 g/mol. The van der Waals surface area contributed by atoms with Crippen LogP contribution < -0.4 is 4.74 Å². The first-order chi connectivity index (χ1) is 11.7. The minimum Gasteiger partial charge on any atom is -0.497 e. The Morgan fingerprint density at radius 1 is 1.21 bits per heavy atom. The van der Waals surface area contributed by atoms with Crippen molar-refractivity contribution in [3.63, 3.8) is 0 Å². The van der Waals surface area contributed by atoms with Crippen molar-refractivity contribution < 1.29 is 9.13 Å². The van der Waals surface area contributed by atoms with Crippen LogP contribution in [0.25, 0.3) is 33.4 Å². The zero-order valence-corrected chi connectivity index (χ0v) is 13.1. The molecule has 3 heterocycles. The zero-order valence-electron chi connectivity index (χ0n) is 13.1. The van der Waals surface area contributed by atoms with Gasteiger partial charge in [0.1, 0.15) is 17.3 Å². The van der Waals surface area contributed by atoms with Crippen LogP contribution in [0.15, 0.2) is 42.9 Å². The number of aryl methyl sites for hydroxylation is 1. The van der Waals surface area contributed by atoms with Crippen LogP contribution >= 0.6 is 0 Å². The minimum absolute atomic E-state index is 0.357. The molecule has 24 heavy (non-hydrogen) atoms. The molecule has 0 fully saturated rings. The number of nitrogens with zero attached hydrogens (tertiary/aromatic N) is 4. The molecule has 0 aliphatic heterocycles. The Balaban J connectivity index is 1.90. The Morgan fingerprint density at radius 3 is 2.83 bits per heavy atom. The van der Waals surface area contributed by atoms with Gasteiger partial charge in [-0.05, 0) is 24.3 Å². The van der Waals surface area contributed by atoms with Gasteiger partial charge in [0.15, 0.2) is 0 Å². The molecule has 3 aromatic heterocycles. The molecule has 0 saturated heterocycles. The first-order valence-corrected chi connectivity index (χ1v) is 7.33. The lowest BCUT2D eigenvalue weighted by molar-refractivity contribution is 0.414. The molecule has 120 valence electrons. The minimum atomic E-state index is -0.357. The third kappa shape index (κ3) is 2.30. The molecule has 4 rings (SSSR count). The number of methoxy groups -OCH3 is 1. The van der Waals surface area contributed by atoms with Crippen LogP contribution in [-0.2, 0) is 7.05 Å². The molecule has 0 saturated carbocycles. The molecule has 0 bridgehead atoms. The number of rotatable bonds is 3. The summed E-state index contributed by atoms with van der Waals surface area (Å²) in [5, 5.41) is 12.1. The predicted octanol–water partition coefficient (Wildman–Crippen LogP) is 3.17. The van der Waals surface area contributed by atoms with Crippen molar-refractivity contribution in [2.75, 3.05) is 7.11 Å². The zero-order chi connectivity index (χ0) is 16.7. The number of hydrogen-bond donors (Lipinski definition) is 1. The third-order valence-electron chi connectivity index (χ3n) is 3.88. The number of hydrogen-bond acceptors (Lipinski definition) is 4. The highest BCUT2D eigenvalue weighted by atomic mass is 19.1. The van der Waals surface area contributed by atoms with Crippen molar-refractivity contribution in [3.05, 3.63) is 48.7 Å². The molecule has 6 nitrogen and oxygen atoms in total. The topological polar surface area (TPSA) is 68.6 Å². The van der Waals surface area contributed by atoms with Gasteiger partial charge in [0.25, 0.3) is 0 Å². The number of aromatic amines is 1. The first kappa shape index (κ1) is 14.4. The molecule has 0 radical (unpaired) electrons. The molecule has 0 amide bonds. The molecular weight excluding hydrogens is 309 g/mol. The maximum atomic E-state index is 14.3. The quantitative estimate of drug-likeness (QED) is 0.629. The van der Waals surface area contributed by atoms with E-state index in [4.69, 9.17) is 4.74 Å². The summed E-state index contributed by atoms with van der Waals surface area (Å²) >= 11 is 0. The number of aromatic nitrogens is 5. The van der Waals surface area contributed by atoms with Gasteiger partial charge >= 0.3 is 0 Å². The van der Waals surface area contributed by atoms with Gasteiger partial charge in [-0.2, -0.15) is 10.2 Å². The van der Waals surface area contributed by atoms with Crippen LogP contribution in [0.2, 0.25) is 0 Å². The summed E-state index contributed by atoms with van der Waals surface area (Å²) in [4.78, 5) is 4.41. The summed E-state index contributed by atoms with van der Waals surface area (Å²) in [6, 6.07) is 6.47. The lowest BCUT2D eigenvalue weighted by Gasteiger charge is -2.05. The molecule has 0 aliphatic rings. The summed E-state index contributed by atoms with van der Waals surface area (Å²) in [5.41, 5.74) is 3.27. The fourth-order valence-corrected chi connectivity index (χ4v) is 2.65. The molecule has 1 N–H and O–H groups in total. The molecule has 1 aromatic carbocycles. The van der Waals surface area contributed by atoms with Gasteiger partial charge in [-0.1, -0.05) is 0 Å². The predicted molar refractivity (Wildman–Crippen MR) is 88.0 cm³/mol. The van der Waals surface area contributed by atoms with Crippen molar-refractivity contribution in [2.24, 2.45) is 7.05 Å². The molecule has 7 heteroatoms. The second-order valence-electron chi connectivity index (χ2n) is 5.44. The fourth-order valence-electron chi connectivity index (χ4n) is 2.65. The number of H-pyrrole nitrogens is 1. The van der Waals surface area contributed by atoms with E-state index in [1.54, 1.807) is 36.3 Å². The lowest BCUT2D eigenvalue weighted by Crippen LogP contribution is -1.89. The van der Waals surface area contributed by atoms with E-state index in [1.807, 2.05) is 19.3 Å². The molecule has 4 aromatic rings. The third-order valence-corrected chi connectivity index (χ3v) is 3.88. The summed E-state index contributed by atoms with van der Waals surface area (Å²) in [5.74, 6) is 0.216. The van der Waals surface area contributed by atoms with E-state index in [0.717, 1.165) is 22.2 Å². The van der Waals surface area contributed by atoms with Gasteiger partial charge < -0.3 is 4.74 Å². The van der Waals surface area contributed by atoms with E-state index in [2.05, 4.69) is 20.3 Å². The normalized spacial score (nSPS) is 11.1. The Hall–Kier alpha value is -3.22. The summed E-state index contributed by atoms with van der Waals surface area (Å²) in [6.07, 6.45) is 5.30. The van der Waals surface area contributed by atoms with Gasteiger partial charge in [0.05, 0.1) is 30.7 Å². The Labute approximate surface area is 136 Å². The maximum Gasteiger partial charge on any atom is 0.132 e. The van der Waals surface area contributed by atoms with E-state index >= 15 is 0 Å². The first-order valence-electron chi connectivity index (χ1n) is 7.33. The van der Waals surface area contributed by atoms with E-state index in [0.29, 0.717) is 17.0 Å². The highest BCUT2D eigenvalue weighted by molar-refractivity contribution is 5.94. The van der Waals surface area contributed by atoms with Gasteiger partial charge in [-0.15, -0.1) is 0 Å². The van der Waals surface area contributed by atoms with Crippen molar-refractivity contribution in [1.29, 1.82) is 0 Å². The number of nitrogens with one attached hydrogen (secondary N) is 1. The highest BCUT2D eigenvalue weighted by Crippen LogP contribution is 2.32. The summed E-state index contributed by atoms with van der Waals surface area (Å²) in [6.45, 7) is 0. The number of halogens is 1. The van der Waals surface area contributed by atoms with E-state index in [-0.39, 0.29) is 5.82 Å². The van der Waals surface area contributed by atoms with Crippen molar-refractivity contribution in [3.8, 4) is 28.3 Å². The Kier molecular flexibility index (Phi) is 3.26. The van der Waals surface area contributed by atoms with Gasteiger partial charge in [0, 0.05) is 29.8 Å². The van der Waals surface area contributed by atoms with E-state index in [1.165, 1.54) is 6.07 Å². The molecule has 0 unspecified atom stereocenters. The second-order valence-corrected chi connectivity index (χ2v) is 5.44. The average molecular weight is 323 g/mol. The molecular formula is C17H14FN5O. The van der Waals surface area contributed by atoms with Crippen LogP contribution in [-0.4, -0.2) is 32.1 Å². The number of benzene rings is 1. The number of ether oxygens (including phenoxy) is 1.